The van der Waals surface area contributed by atoms with Gasteiger partial charge < -0.3 is 14.9 Å². The number of aliphatic hydroxyl groups excluding tert-OH is 2. The first-order chi connectivity index (χ1) is 3.81. The molecule has 2 N–H and O–H groups in total. The van der Waals surface area contributed by atoms with Crippen molar-refractivity contribution in [3.05, 3.63) is 0 Å². The molecule has 0 fully saturated rings. The molecule has 0 unspecified atom stereocenters. The van der Waals surface area contributed by atoms with E-state index in [1.165, 1.54) is 0 Å². The van der Waals surface area contributed by atoms with Gasteiger partial charge in [-0.3, -0.25) is 0 Å². The summed E-state index contributed by atoms with van der Waals surface area (Å²) in [6.45, 7) is 2.42. The Balaban J connectivity index is 2.86. The highest BCUT2D eigenvalue weighted by molar-refractivity contribution is 4.47. The molecule has 3 heteroatoms. The fourth-order valence-corrected chi connectivity index (χ4v) is 0.307. The van der Waals surface area contributed by atoms with Crippen LogP contribution >= 0.6 is 0 Å². The summed E-state index contributed by atoms with van der Waals surface area (Å²) >= 11 is 0. The smallest absolute Gasteiger partial charge is 0.100 e. The molecule has 0 spiro atoms. The van der Waals surface area contributed by atoms with E-state index in [9.17, 15) is 0 Å². The van der Waals surface area contributed by atoms with Crippen LogP contribution in [0.5, 0.6) is 0 Å². The maximum Gasteiger partial charge on any atom is 0.100 e. The summed E-state index contributed by atoms with van der Waals surface area (Å²) in [5, 5.41) is 16.8. The second-order valence-corrected chi connectivity index (χ2v) is 1.50. The zero-order chi connectivity index (χ0) is 6.41. The molecule has 0 rings (SSSR count). The van der Waals surface area contributed by atoms with E-state index in [1.54, 1.807) is 0 Å². The monoisotopic (exact) mass is 120 g/mol. The van der Waals surface area contributed by atoms with Gasteiger partial charge in [-0.2, -0.15) is 0 Å². The fraction of sp³-hybridized carbons (Fsp3) is 1.00. The predicted molar refractivity (Wildman–Crippen MR) is 29.6 cm³/mol. The van der Waals surface area contributed by atoms with Gasteiger partial charge in [-0.1, -0.05) is 0 Å². The number of hydrogen-bond donors (Lipinski definition) is 2. The third kappa shape index (κ3) is 4.05. The zero-order valence-corrected chi connectivity index (χ0v) is 5.00. The minimum Gasteiger partial charge on any atom is -0.394 e. The van der Waals surface area contributed by atoms with Gasteiger partial charge in [0.1, 0.15) is 6.10 Å². The molecular formula is C5H12O3. The molecule has 0 radical (unpaired) electrons. The van der Waals surface area contributed by atoms with Crippen molar-refractivity contribution in [3.8, 4) is 0 Å². The van der Waals surface area contributed by atoms with Crippen molar-refractivity contribution in [2.24, 2.45) is 0 Å². The van der Waals surface area contributed by atoms with Crippen LogP contribution in [-0.4, -0.2) is 36.1 Å². The first-order valence-electron chi connectivity index (χ1n) is 2.68. The van der Waals surface area contributed by atoms with E-state index in [0.29, 0.717) is 6.61 Å². The highest BCUT2D eigenvalue weighted by Crippen LogP contribution is 1.81. The molecule has 0 saturated carbocycles. The molecule has 1 atom stereocenters. The molecule has 0 aromatic carbocycles. The fourth-order valence-electron chi connectivity index (χ4n) is 0.307. The van der Waals surface area contributed by atoms with Gasteiger partial charge in [0.25, 0.3) is 0 Å². The summed E-state index contributed by atoms with van der Waals surface area (Å²) < 4.78 is 4.78. The molecule has 0 heterocycles. The van der Waals surface area contributed by atoms with Gasteiger partial charge in [-0.15, -0.1) is 0 Å². The summed E-state index contributed by atoms with van der Waals surface area (Å²) in [7, 11) is 0. The van der Waals surface area contributed by atoms with Crippen molar-refractivity contribution in [1.82, 2.24) is 0 Å². The first-order valence-corrected chi connectivity index (χ1v) is 2.68. The van der Waals surface area contributed by atoms with Crippen LogP contribution in [0.25, 0.3) is 0 Å². The van der Waals surface area contributed by atoms with E-state index in [4.69, 9.17) is 14.9 Å². The quantitative estimate of drug-likeness (QED) is 0.519. The Kier molecular flexibility index (Phi) is 4.95. The third-order valence-electron chi connectivity index (χ3n) is 0.725. The second kappa shape index (κ2) is 5.03. The van der Waals surface area contributed by atoms with Gasteiger partial charge in [0, 0.05) is 6.61 Å². The Morgan fingerprint density at radius 3 is 2.62 bits per heavy atom. The van der Waals surface area contributed by atoms with Gasteiger partial charge in [0.05, 0.1) is 13.2 Å². The van der Waals surface area contributed by atoms with Gasteiger partial charge >= 0.3 is 0 Å². The lowest BCUT2D eigenvalue weighted by molar-refractivity contribution is 0.0104. The average molecular weight is 120 g/mol. The molecule has 8 heavy (non-hydrogen) atoms. The van der Waals surface area contributed by atoms with Crippen LogP contribution < -0.4 is 0 Å². The molecule has 0 amide bonds. The molecule has 50 valence electrons. The van der Waals surface area contributed by atoms with E-state index < -0.39 is 6.10 Å². The predicted octanol–water partition coefficient (Wildman–Crippen LogP) is -0.624. The van der Waals surface area contributed by atoms with Crippen LogP contribution in [0.3, 0.4) is 0 Å². The first kappa shape index (κ1) is 7.88. The highest BCUT2D eigenvalue weighted by Gasteiger charge is 1.98. The summed E-state index contributed by atoms with van der Waals surface area (Å²) in [6.07, 6.45) is -0.713. The molecule has 0 aliphatic rings. The number of ether oxygens (including phenoxy) is 1. The number of rotatable bonds is 4. The van der Waals surface area contributed by atoms with E-state index >= 15 is 0 Å². The van der Waals surface area contributed by atoms with Crippen LogP contribution in [-0.2, 0) is 4.74 Å². The van der Waals surface area contributed by atoms with Crippen LogP contribution in [0.1, 0.15) is 6.92 Å². The van der Waals surface area contributed by atoms with Crippen LogP contribution in [0.2, 0.25) is 0 Å². The second-order valence-electron chi connectivity index (χ2n) is 1.50. The third-order valence-corrected chi connectivity index (χ3v) is 0.725. The molecule has 0 saturated heterocycles. The van der Waals surface area contributed by atoms with Gasteiger partial charge in [0.2, 0.25) is 0 Å². The summed E-state index contributed by atoms with van der Waals surface area (Å²) in [4.78, 5) is 0. The normalized spacial score (nSPS) is 13.9. The van der Waals surface area contributed by atoms with Crippen molar-refractivity contribution in [2.75, 3.05) is 19.8 Å². The van der Waals surface area contributed by atoms with Crippen molar-refractivity contribution in [2.45, 2.75) is 13.0 Å². The molecule has 0 aromatic heterocycles. The Labute approximate surface area is 48.9 Å². The van der Waals surface area contributed by atoms with Crippen molar-refractivity contribution in [1.29, 1.82) is 0 Å². The Bertz CT molecular complexity index is 46.9. The van der Waals surface area contributed by atoms with Gasteiger partial charge in [-0.25, -0.2) is 0 Å². The standard InChI is InChI=1S/C5H12O3/c1-2-8-4-5(7)3-6/h5-7H,2-4H2,1H3/t5-/m1/s1. The van der Waals surface area contributed by atoms with E-state index in [2.05, 4.69) is 0 Å². The minimum atomic E-state index is -0.713. The Hall–Kier alpha value is -0.120. The Morgan fingerprint density at radius 1 is 1.62 bits per heavy atom. The van der Waals surface area contributed by atoms with Crippen molar-refractivity contribution < 1.29 is 14.9 Å². The summed E-state index contributed by atoms with van der Waals surface area (Å²) in [5.41, 5.74) is 0. The van der Waals surface area contributed by atoms with Crippen molar-refractivity contribution >= 4 is 0 Å². The van der Waals surface area contributed by atoms with Crippen LogP contribution in [0.4, 0.5) is 0 Å². The summed E-state index contributed by atoms with van der Waals surface area (Å²) in [6, 6.07) is 0. The van der Waals surface area contributed by atoms with Gasteiger partial charge in [0.15, 0.2) is 0 Å². The molecule has 0 aromatic rings. The average Bonchev–Trinajstić information content (AvgIpc) is 1.83. The number of hydrogen-bond acceptors (Lipinski definition) is 3. The van der Waals surface area contributed by atoms with Gasteiger partial charge in [-0.05, 0) is 6.92 Å². The Morgan fingerprint density at radius 2 is 2.25 bits per heavy atom. The lowest BCUT2D eigenvalue weighted by Crippen LogP contribution is -2.19. The van der Waals surface area contributed by atoms with Crippen LogP contribution in [0, 0.1) is 0 Å². The molecular weight excluding hydrogens is 108 g/mol. The highest BCUT2D eigenvalue weighted by atomic mass is 16.5. The number of aliphatic hydroxyl groups is 2. The molecule has 0 aliphatic carbocycles. The van der Waals surface area contributed by atoms with E-state index in [0.717, 1.165) is 0 Å². The van der Waals surface area contributed by atoms with Crippen LogP contribution in [0.15, 0.2) is 0 Å². The lowest BCUT2D eigenvalue weighted by atomic mass is 10.4. The SMILES string of the molecule is CCOC[C@H](O)CO. The molecule has 0 aliphatic heterocycles. The molecule has 0 bridgehead atoms. The topological polar surface area (TPSA) is 49.7 Å². The maximum atomic E-state index is 8.61. The lowest BCUT2D eigenvalue weighted by Gasteiger charge is -2.04. The summed E-state index contributed by atoms with van der Waals surface area (Å²) in [5.74, 6) is 0. The minimum absolute atomic E-state index is 0.222. The van der Waals surface area contributed by atoms with E-state index in [-0.39, 0.29) is 13.2 Å². The van der Waals surface area contributed by atoms with Crippen molar-refractivity contribution in [3.63, 3.8) is 0 Å². The van der Waals surface area contributed by atoms with E-state index in [1.807, 2.05) is 6.92 Å². The zero-order valence-electron chi connectivity index (χ0n) is 5.00. The molecule has 3 nitrogen and oxygen atoms in total. The largest absolute Gasteiger partial charge is 0.394 e. The maximum absolute atomic E-state index is 8.61.